The summed E-state index contributed by atoms with van der Waals surface area (Å²) in [6, 6.07) is 3.59. The summed E-state index contributed by atoms with van der Waals surface area (Å²) in [6.45, 7) is 7.20. The van der Waals surface area contributed by atoms with E-state index in [9.17, 15) is 12.8 Å². The fourth-order valence-electron chi connectivity index (χ4n) is 1.38. The molecule has 1 aromatic carbocycles. The third-order valence-electron chi connectivity index (χ3n) is 1.95. The molecule has 0 aliphatic heterocycles. The van der Waals surface area contributed by atoms with E-state index in [0.717, 1.165) is 6.07 Å². The van der Waals surface area contributed by atoms with E-state index >= 15 is 0 Å². The molecule has 0 spiro atoms. The molecule has 4 nitrogen and oxygen atoms in total. The Morgan fingerprint density at radius 1 is 1.33 bits per heavy atom. The standard InChI is InChI=1S/C12H18FNO3S/c1-5-17-11-7-6-9(8-10(11)13)18(15,16)14-12(2,3)4/h6-8,14H,5H2,1-4H3. The van der Waals surface area contributed by atoms with Gasteiger partial charge in [0.15, 0.2) is 11.6 Å². The van der Waals surface area contributed by atoms with Crippen LogP contribution < -0.4 is 9.46 Å². The van der Waals surface area contributed by atoms with Crippen molar-refractivity contribution in [3.05, 3.63) is 24.0 Å². The summed E-state index contributed by atoms with van der Waals surface area (Å²) in [5.74, 6) is -0.638. The summed E-state index contributed by atoms with van der Waals surface area (Å²) in [6.07, 6.45) is 0. The number of sulfonamides is 1. The summed E-state index contributed by atoms with van der Waals surface area (Å²) in [7, 11) is -3.72. The summed E-state index contributed by atoms with van der Waals surface area (Å²) in [4.78, 5) is -0.113. The van der Waals surface area contributed by atoms with Crippen molar-refractivity contribution in [2.24, 2.45) is 0 Å². The second-order valence-electron chi connectivity index (χ2n) is 4.88. The van der Waals surface area contributed by atoms with Gasteiger partial charge in [-0.2, -0.15) is 0 Å². The minimum atomic E-state index is -3.72. The topological polar surface area (TPSA) is 55.4 Å². The molecule has 0 amide bonds. The maximum absolute atomic E-state index is 13.6. The zero-order valence-electron chi connectivity index (χ0n) is 11.0. The third-order valence-corrected chi connectivity index (χ3v) is 3.71. The molecule has 0 saturated carbocycles. The van der Waals surface area contributed by atoms with Crippen LogP contribution in [0.1, 0.15) is 27.7 Å². The van der Waals surface area contributed by atoms with E-state index in [-0.39, 0.29) is 10.6 Å². The first-order valence-electron chi connectivity index (χ1n) is 5.62. The monoisotopic (exact) mass is 275 g/mol. The summed E-state index contributed by atoms with van der Waals surface area (Å²) in [5.41, 5.74) is -0.617. The highest BCUT2D eigenvalue weighted by molar-refractivity contribution is 7.89. The Kier molecular flexibility index (Phi) is 4.34. The van der Waals surface area contributed by atoms with E-state index in [4.69, 9.17) is 4.74 Å². The van der Waals surface area contributed by atoms with Gasteiger partial charge in [0.05, 0.1) is 11.5 Å². The molecule has 0 fully saturated rings. The van der Waals surface area contributed by atoms with Crippen molar-refractivity contribution in [2.75, 3.05) is 6.61 Å². The van der Waals surface area contributed by atoms with Gasteiger partial charge in [0, 0.05) is 5.54 Å². The van der Waals surface area contributed by atoms with E-state index < -0.39 is 21.4 Å². The van der Waals surface area contributed by atoms with Gasteiger partial charge in [-0.05, 0) is 45.9 Å². The van der Waals surface area contributed by atoms with E-state index in [0.29, 0.717) is 6.61 Å². The highest BCUT2D eigenvalue weighted by atomic mass is 32.2. The summed E-state index contributed by atoms with van der Waals surface area (Å²) < 4.78 is 45.0. The predicted molar refractivity (Wildman–Crippen MR) is 67.6 cm³/mol. The van der Waals surface area contributed by atoms with Crippen molar-refractivity contribution in [2.45, 2.75) is 38.1 Å². The maximum atomic E-state index is 13.6. The lowest BCUT2D eigenvalue weighted by molar-refractivity contribution is 0.321. The Bertz CT molecular complexity index is 521. The number of benzene rings is 1. The zero-order valence-corrected chi connectivity index (χ0v) is 11.8. The maximum Gasteiger partial charge on any atom is 0.241 e. The molecule has 0 bridgehead atoms. The Morgan fingerprint density at radius 2 is 1.94 bits per heavy atom. The number of hydrogen-bond acceptors (Lipinski definition) is 3. The molecule has 102 valence electrons. The van der Waals surface area contributed by atoms with Gasteiger partial charge in [-0.25, -0.2) is 17.5 Å². The fraction of sp³-hybridized carbons (Fsp3) is 0.500. The van der Waals surface area contributed by atoms with Crippen LogP contribution in [0.3, 0.4) is 0 Å². The first-order chi connectivity index (χ1) is 8.15. The molecule has 0 heterocycles. The fourth-order valence-corrected chi connectivity index (χ4v) is 2.81. The number of rotatable bonds is 4. The molecular formula is C12H18FNO3S. The van der Waals surface area contributed by atoms with Crippen LogP contribution in [0.2, 0.25) is 0 Å². The average molecular weight is 275 g/mol. The van der Waals surface area contributed by atoms with Crippen molar-refractivity contribution in [3.8, 4) is 5.75 Å². The van der Waals surface area contributed by atoms with Crippen LogP contribution in [0.5, 0.6) is 5.75 Å². The first-order valence-corrected chi connectivity index (χ1v) is 7.10. The van der Waals surface area contributed by atoms with Crippen LogP contribution in [0.4, 0.5) is 4.39 Å². The molecule has 6 heteroatoms. The molecule has 0 atom stereocenters. The molecule has 1 N–H and O–H groups in total. The molecule has 0 aliphatic carbocycles. The number of halogens is 1. The Labute approximate surface area is 107 Å². The summed E-state index contributed by atoms with van der Waals surface area (Å²) >= 11 is 0. The molecule has 0 unspecified atom stereocenters. The minimum Gasteiger partial charge on any atom is -0.491 e. The van der Waals surface area contributed by atoms with E-state index in [1.54, 1.807) is 27.7 Å². The molecule has 0 aromatic heterocycles. The van der Waals surface area contributed by atoms with Crippen LogP contribution in [0.25, 0.3) is 0 Å². The Hall–Kier alpha value is -1.14. The minimum absolute atomic E-state index is 0.0483. The van der Waals surface area contributed by atoms with Gasteiger partial charge in [0.25, 0.3) is 0 Å². The van der Waals surface area contributed by atoms with Gasteiger partial charge in [-0.1, -0.05) is 0 Å². The third kappa shape index (κ3) is 3.96. The van der Waals surface area contributed by atoms with Crippen LogP contribution in [-0.2, 0) is 10.0 Å². The largest absolute Gasteiger partial charge is 0.491 e. The van der Waals surface area contributed by atoms with Crippen molar-refractivity contribution >= 4 is 10.0 Å². The Balaban J connectivity index is 3.08. The van der Waals surface area contributed by atoms with Crippen LogP contribution in [0, 0.1) is 5.82 Å². The van der Waals surface area contributed by atoms with Gasteiger partial charge >= 0.3 is 0 Å². The smallest absolute Gasteiger partial charge is 0.241 e. The van der Waals surface area contributed by atoms with Crippen molar-refractivity contribution in [3.63, 3.8) is 0 Å². The summed E-state index contributed by atoms with van der Waals surface area (Å²) in [5, 5.41) is 0. The van der Waals surface area contributed by atoms with Gasteiger partial charge in [-0.3, -0.25) is 0 Å². The quantitative estimate of drug-likeness (QED) is 0.917. The lowest BCUT2D eigenvalue weighted by Gasteiger charge is -2.20. The van der Waals surface area contributed by atoms with Crippen LogP contribution >= 0.6 is 0 Å². The molecule has 1 rings (SSSR count). The van der Waals surface area contributed by atoms with Gasteiger partial charge in [0.1, 0.15) is 0 Å². The van der Waals surface area contributed by atoms with Gasteiger partial charge in [0.2, 0.25) is 10.0 Å². The van der Waals surface area contributed by atoms with Crippen LogP contribution in [-0.4, -0.2) is 20.6 Å². The molecule has 0 saturated heterocycles. The van der Waals surface area contributed by atoms with E-state index in [1.807, 2.05) is 0 Å². The molecule has 0 aliphatic rings. The second-order valence-corrected chi connectivity index (χ2v) is 6.56. The van der Waals surface area contributed by atoms with Crippen molar-refractivity contribution in [1.29, 1.82) is 0 Å². The molecule has 0 radical (unpaired) electrons. The first kappa shape index (κ1) is 14.9. The SMILES string of the molecule is CCOc1ccc(S(=O)(=O)NC(C)(C)C)cc1F. The lowest BCUT2D eigenvalue weighted by atomic mass is 10.1. The normalized spacial score (nSPS) is 12.5. The van der Waals surface area contributed by atoms with E-state index in [2.05, 4.69) is 4.72 Å². The van der Waals surface area contributed by atoms with Gasteiger partial charge < -0.3 is 4.74 Å². The van der Waals surface area contributed by atoms with Gasteiger partial charge in [-0.15, -0.1) is 0 Å². The number of nitrogens with one attached hydrogen (secondary N) is 1. The molecule has 1 aromatic rings. The molecular weight excluding hydrogens is 257 g/mol. The zero-order chi connectivity index (χ0) is 14.0. The van der Waals surface area contributed by atoms with E-state index in [1.165, 1.54) is 12.1 Å². The molecule has 18 heavy (non-hydrogen) atoms. The van der Waals surface area contributed by atoms with Crippen molar-refractivity contribution in [1.82, 2.24) is 4.72 Å². The number of ether oxygens (including phenoxy) is 1. The lowest BCUT2D eigenvalue weighted by Crippen LogP contribution is -2.40. The second kappa shape index (κ2) is 5.24. The number of hydrogen-bond donors (Lipinski definition) is 1. The van der Waals surface area contributed by atoms with Crippen LogP contribution in [0.15, 0.2) is 23.1 Å². The van der Waals surface area contributed by atoms with Crippen molar-refractivity contribution < 1.29 is 17.5 Å². The highest BCUT2D eigenvalue weighted by Crippen LogP contribution is 2.21. The predicted octanol–water partition coefficient (Wildman–Crippen LogP) is 2.30. The average Bonchev–Trinajstić information content (AvgIpc) is 2.17. The Morgan fingerprint density at radius 3 is 2.39 bits per heavy atom. The highest BCUT2D eigenvalue weighted by Gasteiger charge is 2.23.